The number of aromatic nitrogens is 1. The van der Waals surface area contributed by atoms with Crippen LogP contribution in [-0.2, 0) is 13.0 Å². The maximum absolute atomic E-state index is 12.3. The minimum Gasteiger partial charge on any atom is -0.496 e. The molecule has 0 atom stereocenters. The molecular formula is C21H24N2O2S. The molecule has 3 aromatic rings. The van der Waals surface area contributed by atoms with Crippen molar-refractivity contribution in [2.24, 2.45) is 5.73 Å². The number of nitrogens with two attached hydrogens (primary N) is 1. The van der Waals surface area contributed by atoms with E-state index in [1.54, 1.807) is 18.4 Å². The molecule has 0 saturated heterocycles. The van der Waals surface area contributed by atoms with Crippen LogP contribution >= 0.6 is 11.3 Å². The van der Waals surface area contributed by atoms with Gasteiger partial charge in [-0.1, -0.05) is 37.6 Å². The molecule has 2 aromatic heterocycles. The van der Waals surface area contributed by atoms with E-state index >= 15 is 0 Å². The van der Waals surface area contributed by atoms with Crippen LogP contribution in [0.15, 0.2) is 41.8 Å². The zero-order chi connectivity index (χ0) is 18.7. The number of carbonyl (C=O) groups excluding carboxylic acids is 1. The summed E-state index contributed by atoms with van der Waals surface area (Å²) in [5.74, 6) is 0.475. The minimum atomic E-state index is -0.373. The Balaban J connectivity index is 2.21. The first-order chi connectivity index (χ1) is 12.6. The van der Waals surface area contributed by atoms with Crippen LogP contribution in [0.25, 0.3) is 10.4 Å². The summed E-state index contributed by atoms with van der Waals surface area (Å²) in [6, 6.07) is 12.0. The average molecular weight is 369 g/mol. The number of ether oxygens (including phenoxy) is 1. The van der Waals surface area contributed by atoms with Crippen LogP contribution < -0.4 is 10.5 Å². The molecule has 1 aromatic carbocycles. The molecule has 136 valence electrons. The molecule has 0 fully saturated rings. The molecule has 26 heavy (non-hydrogen) atoms. The molecule has 0 bridgehead atoms. The number of primary amides is 1. The summed E-state index contributed by atoms with van der Waals surface area (Å²) in [7, 11) is 1.68. The van der Waals surface area contributed by atoms with Gasteiger partial charge in [0.15, 0.2) is 0 Å². The molecule has 2 N–H and O–H groups in total. The van der Waals surface area contributed by atoms with Crippen molar-refractivity contribution in [2.75, 3.05) is 7.11 Å². The monoisotopic (exact) mass is 368 g/mol. The van der Waals surface area contributed by atoms with E-state index in [0.717, 1.165) is 46.0 Å². The van der Waals surface area contributed by atoms with Crippen molar-refractivity contribution in [2.45, 2.75) is 33.2 Å². The van der Waals surface area contributed by atoms with Crippen LogP contribution in [-0.4, -0.2) is 17.6 Å². The van der Waals surface area contributed by atoms with Crippen molar-refractivity contribution < 1.29 is 9.53 Å². The molecule has 0 aliphatic carbocycles. The molecule has 3 rings (SSSR count). The number of thiophene rings is 1. The summed E-state index contributed by atoms with van der Waals surface area (Å²) in [5.41, 5.74) is 10.5. The lowest BCUT2D eigenvalue weighted by Crippen LogP contribution is -2.13. The lowest BCUT2D eigenvalue weighted by Gasteiger charge is -2.15. The Labute approximate surface area is 158 Å². The number of para-hydroxylation sites is 1. The largest absolute Gasteiger partial charge is 0.496 e. The summed E-state index contributed by atoms with van der Waals surface area (Å²) in [5, 5.41) is 2.03. The normalized spacial score (nSPS) is 10.9. The van der Waals surface area contributed by atoms with Crippen molar-refractivity contribution in [1.29, 1.82) is 0 Å². The van der Waals surface area contributed by atoms with E-state index in [1.165, 1.54) is 0 Å². The zero-order valence-corrected chi connectivity index (χ0v) is 16.2. The molecule has 5 heteroatoms. The second-order valence-corrected chi connectivity index (χ2v) is 7.22. The fourth-order valence-electron chi connectivity index (χ4n) is 3.50. The van der Waals surface area contributed by atoms with Gasteiger partial charge in [-0.05, 0) is 30.9 Å². The van der Waals surface area contributed by atoms with E-state index in [2.05, 4.69) is 23.6 Å². The first kappa shape index (κ1) is 18.3. The van der Waals surface area contributed by atoms with Crippen LogP contribution in [0, 0.1) is 6.92 Å². The zero-order valence-electron chi connectivity index (χ0n) is 15.4. The maximum atomic E-state index is 12.3. The Hall–Kier alpha value is -2.53. The van der Waals surface area contributed by atoms with Crippen LogP contribution in [0.4, 0.5) is 0 Å². The highest BCUT2D eigenvalue weighted by Crippen LogP contribution is 2.37. The second kappa shape index (κ2) is 7.79. The highest BCUT2D eigenvalue weighted by atomic mass is 32.1. The number of nitrogens with zero attached hydrogens (tertiary/aromatic N) is 1. The predicted octanol–water partition coefficient (Wildman–Crippen LogP) is 4.63. The fourth-order valence-corrected chi connectivity index (χ4v) is 4.30. The Morgan fingerprint density at radius 1 is 1.23 bits per heavy atom. The second-order valence-electron chi connectivity index (χ2n) is 6.27. The molecule has 1 amide bonds. The lowest BCUT2D eigenvalue weighted by molar-refractivity contribution is 0.1000. The Morgan fingerprint density at radius 3 is 2.62 bits per heavy atom. The third-order valence-electron chi connectivity index (χ3n) is 4.65. The van der Waals surface area contributed by atoms with E-state index in [4.69, 9.17) is 10.5 Å². The molecule has 0 aliphatic rings. The third kappa shape index (κ3) is 3.27. The first-order valence-electron chi connectivity index (χ1n) is 8.76. The van der Waals surface area contributed by atoms with E-state index in [-0.39, 0.29) is 5.91 Å². The standard InChI is InChI=1S/C21H24N2O2S/c1-4-8-16-20(18-11-7-12-26-18)19(21(22)24)14(2)23(16)13-15-9-5-6-10-17(15)25-3/h5-7,9-12H,4,8,13H2,1-3H3,(H2,22,24). The Bertz CT molecular complexity index is 910. The van der Waals surface area contributed by atoms with Crippen molar-refractivity contribution in [3.8, 4) is 16.2 Å². The van der Waals surface area contributed by atoms with E-state index in [0.29, 0.717) is 12.1 Å². The van der Waals surface area contributed by atoms with Gasteiger partial charge in [0.05, 0.1) is 19.2 Å². The molecule has 4 nitrogen and oxygen atoms in total. The van der Waals surface area contributed by atoms with Gasteiger partial charge in [0, 0.05) is 27.4 Å². The topological polar surface area (TPSA) is 57.2 Å². The molecule has 0 radical (unpaired) electrons. The van der Waals surface area contributed by atoms with Gasteiger partial charge < -0.3 is 15.0 Å². The molecule has 0 saturated carbocycles. The maximum Gasteiger partial charge on any atom is 0.251 e. The van der Waals surface area contributed by atoms with Crippen molar-refractivity contribution >= 4 is 17.2 Å². The summed E-state index contributed by atoms with van der Waals surface area (Å²) in [6.45, 7) is 4.78. The smallest absolute Gasteiger partial charge is 0.251 e. The summed E-state index contributed by atoms with van der Waals surface area (Å²) < 4.78 is 7.73. The van der Waals surface area contributed by atoms with E-state index in [9.17, 15) is 4.79 Å². The molecule has 0 spiro atoms. The average Bonchev–Trinajstić information content (AvgIpc) is 3.24. The molecular weight excluding hydrogens is 344 g/mol. The molecule has 0 aliphatic heterocycles. The fraction of sp³-hybridized carbons (Fsp3) is 0.286. The van der Waals surface area contributed by atoms with Gasteiger partial charge in [-0.2, -0.15) is 0 Å². The number of hydrogen-bond acceptors (Lipinski definition) is 3. The van der Waals surface area contributed by atoms with Gasteiger partial charge >= 0.3 is 0 Å². The van der Waals surface area contributed by atoms with Gasteiger partial charge in [0.1, 0.15) is 5.75 Å². The predicted molar refractivity (Wildman–Crippen MR) is 107 cm³/mol. The number of carbonyl (C=O) groups is 1. The van der Waals surface area contributed by atoms with Crippen molar-refractivity contribution in [3.63, 3.8) is 0 Å². The van der Waals surface area contributed by atoms with Gasteiger partial charge in [-0.25, -0.2) is 0 Å². The van der Waals surface area contributed by atoms with Gasteiger partial charge in [-0.3, -0.25) is 4.79 Å². The lowest BCUT2D eigenvalue weighted by atomic mass is 10.0. The van der Waals surface area contributed by atoms with Crippen molar-refractivity contribution in [1.82, 2.24) is 4.57 Å². The van der Waals surface area contributed by atoms with E-state index < -0.39 is 0 Å². The van der Waals surface area contributed by atoms with Crippen LogP contribution in [0.3, 0.4) is 0 Å². The Morgan fingerprint density at radius 2 is 2.00 bits per heavy atom. The highest BCUT2D eigenvalue weighted by molar-refractivity contribution is 7.13. The first-order valence-corrected chi connectivity index (χ1v) is 9.63. The molecule has 2 heterocycles. The highest BCUT2D eigenvalue weighted by Gasteiger charge is 2.25. The van der Waals surface area contributed by atoms with Crippen LogP contribution in [0.2, 0.25) is 0 Å². The number of methoxy groups -OCH3 is 1. The van der Waals surface area contributed by atoms with Gasteiger partial charge in [0.2, 0.25) is 0 Å². The summed E-state index contributed by atoms with van der Waals surface area (Å²) in [6.07, 6.45) is 1.88. The number of amides is 1. The Kier molecular flexibility index (Phi) is 5.47. The van der Waals surface area contributed by atoms with Crippen LogP contribution in [0.1, 0.15) is 40.7 Å². The quantitative estimate of drug-likeness (QED) is 0.661. The number of rotatable bonds is 7. The SMILES string of the molecule is CCCc1c(-c2cccs2)c(C(N)=O)c(C)n1Cc1ccccc1OC. The summed E-state index contributed by atoms with van der Waals surface area (Å²) in [4.78, 5) is 13.4. The number of hydrogen-bond donors (Lipinski definition) is 1. The third-order valence-corrected chi connectivity index (χ3v) is 5.54. The van der Waals surface area contributed by atoms with Gasteiger partial charge in [-0.15, -0.1) is 11.3 Å². The summed E-state index contributed by atoms with van der Waals surface area (Å²) >= 11 is 1.64. The minimum absolute atomic E-state index is 0.373. The number of benzene rings is 1. The van der Waals surface area contributed by atoms with Crippen LogP contribution in [0.5, 0.6) is 5.75 Å². The van der Waals surface area contributed by atoms with E-state index in [1.807, 2.05) is 36.6 Å². The van der Waals surface area contributed by atoms with Crippen molar-refractivity contribution in [3.05, 3.63) is 64.3 Å². The van der Waals surface area contributed by atoms with Gasteiger partial charge in [0.25, 0.3) is 5.91 Å². The molecule has 0 unspecified atom stereocenters.